The molecule has 0 N–H and O–H groups in total. The maximum absolute atomic E-state index is 5.63. The first kappa shape index (κ1) is 12.9. The fraction of sp³-hybridized carbons (Fsp3) is 0.429. The highest BCUT2D eigenvalue weighted by Crippen LogP contribution is 2.29. The van der Waals surface area contributed by atoms with Gasteiger partial charge in [-0.1, -0.05) is 12.1 Å². The van der Waals surface area contributed by atoms with Crippen molar-refractivity contribution in [2.75, 3.05) is 33.0 Å². The molecular weight excluding hydrogens is 232 g/mol. The summed E-state index contributed by atoms with van der Waals surface area (Å²) < 4.78 is 21.9. The summed E-state index contributed by atoms with van der Waals surface area (Å²) in [6, 6.07) is 5.83. The van der Waals surface area contributed by atoms with Crippen LogP contribution >= 0.6 is 0 Å². The molecule has 0 unspecified atom stereocenters. The molecule has 98 valence electrons. The van der Waals surface area contributed by atoms with Crippen LogP contribution in [-0.2, 0) is 16.1 Å². The van der Waals surface area contributed by atoms with Crippen LogP contribution in [0.3, 0.4) is 0 Å². The van der Waals surface area contributed by atoms with Gasteiger partial charge >= 0.3 is 0 Å². The van der Waals surface area contributed by atoms with Crippen LogP contribution in [0, 0.1) is 0 Å². The second kappa shape index (κ2) is 7.03. The van der Waals surface area contributed by atoms with Gasteiger partial charge < -0.3 is 18.9 Å². The highest BCUT2D eigenvalue weighted by atomic mass is 16.6. The number of hydrogen-bond donors (Lipinski definition) is 0. The molecule has 0 atom stereocenters. The molecule has 1 heterocycles. The third-order valence-electron chi connectivity index (χ3n) is 2.48. The molecule has 0 spiro atoms. The van der Waals surface area contributed by atoms with Crippen molar-refractivity contribution in [2.45, 2.75) is 6.61 Å². The smallest absolute Gasteiger partial charge is 0.161 e. The van der Waals surface area contributed by atoms with Gasteiger partial charge in [-0.2, -0.15) is 0 Å². The molecule has 4 nitrogen and oxygen atoms in total. The molecule has 0 radical (unpaired) electrons. The molecule has 0 amide bonds. The summed E-state index contributed by atoms with van der Waals surface area (Å²) in [5.74, 6) is 1.51. The summed E-state index contributed by atoms with van der Waals surface area (Å²) in [4.78, 5) is 0. The number of benzene rings is 1. The third-order valence-corrected chi connectivity index (χ3v) is 2.48. The van der Waals surface area contributed by atoms with Gasteiger partial charge in [0, 0.05) is 0 Å². The van der Waals surface area contributed by atoms with Gasteiger partial charge in [0.1, 0.15) is 13.2 Å². The average molecular weight is 250 g/mol. The van der Waals surface area contributed by atoms with Gasteiger partial charge in [0.2, 0.25) is 0 Å². The molecule has 1 aromatic rings. The minimum absolute atomic E-state index is 0.535. The molecule has 18 heavy (non-hydrogen) atoms. The van der Waals surface area contributed by atoms with Crippen molar-refractivity contribution in [3.63, 3.8) is 0 Å². The summed E-state index contributed by atoms with van der Waals surface area (Å²) in [7, 11) is 0. The summed E-state index contributed by atoms with van der Waals surface area (Å²) >= 11 is 0. The summed E-state index contributed by atoms with van der Waals surface area (Å²) in [6.45, 7) is 6.95. The Kier molecular flexibility index (Phi) is 5.05. The van der Waals surface area contributed by atoms with Crippen molar-refractivity contribution in [1.29, 1.82) is 0 Å². The van der Waals surface area contributed by atoms with Crippen molar-refractivity contribution in [3.05, 3.63) is 36.4 Å². The molecule has 0 aliphatic carbocycles. The maximum Gasteiger partial charge on any atom is 0.161 e. The molecular formula is C14H18O4. The molecule has 0 fully saturated rings. The standard InChI is InChI=1S/C14H18O4/c1-2-5-16-11-12-3-4-13-14(10-12)18-9-7-15-6-8-17-13/h2-4,10H,1,5-9,11H2. The molecule has 0 saturated heterocycles. The Balaban J connectivity index is 2.05. The van der Waals surface area contributed by atoms with E-state index < -0.39 is 0 Å². The quantitative estimate of drug-likeness (QED) is 0.606. The second-order valence-corrected chi connectivity index (χ2v) is 3.89. The minimum Gasteiger partial charge on any atom is -0.487 e. The Labute approximate surface area is 107 Å². The Morgan fingerprint density at radius 2 is 1.89 bits per heavy atom. The monoisotopic (exact) mass is 250 g/mol. The summed E-state index contributed by atoms with van der Waals surface area (Å²) in [6.07, 6.45) is 1.73. The first-order valence-corrected chi connectivity index (χ1v) is 6.05. The van der Waals surface area contributed by atoms with Crippen molar-refractivity contribution in [3.8, 4) is 11.5 Å². The van der Waals surface area contributed by atoms with E-state index in [2.05, 4.69) is 6.58 Å². The Bertz CT molecular complexity index is 389. The first-order valence-electron chi connectivity index (χ1n) is 6.05. The Morgan fingerprint density at radius 3 is 2.67 bits per heavy atom. The highest BCUT2D eigenvalue weighted by molar-refractivity contribution is 5.43. The van der Waals surface area contributed by atoms with Crippen molar-refractivity contribution >= 4 is 0 Å². The van der Waals surface area contributed by atoms with Crippen molar-refractivity contribution < 1.29 is 18.9 Å². The van der Waals surface area contributed by atoms with Gasteiger partial charge in [-0.3, -0.25) is 0 Å². The van der Waals surface area contributed by atoms with Gasteiger partial charge in [-0.05, 0) is 17.7 Å². The fourth-order valence-corrected chi connectivity index (χ4v) is 1.66. The number of rotatable bonds is 4. The van der Waals surface area contributed by atoms with Crippen LogP contribution in [0.2, 0.25) is 0 Å². The molecule has 1 aromatic carbocycles. The lowest BCUT2D eigenvalue weighted by molar-refractivity contribution is 0.0877. The summed E-state index contributed by atoms with van der Waals surface area (Å²) in [5.41, 5.74) is 1.05. The number of hydrogen-bond acceptors (Lipinski definition) is 4. The van der Waals surface area contributed by atoms with Gasteiger partial charge in [0.15, 0.2) is 11.5 Å². The maximum atomic E-state index is 5.63. The van der Waals surface area contributed by atoms with E-state index in [1.807, 2.05) is 18.2 Å². The van der Waals surface area contributed by atoms with E-state index in [4.69, 9.17) is 18.9 Å². The molecule has 0 bridgehead atoms. The topological polar surface area (TPSA) is 36.9 Å². The van der Waals surface area contributed by atoms with Crippen LogP contribution in [0.1, 0.15) is 5.56 Å². The van der Waals surface area contributed by atoms with E-state index in [0.717, 1.165) is 17.1 Å². The lowest BCUT2D eigenvalue weighted by Gasteiger charge is -2.11. The predicted octanol–water partition coefficient (Wildman–Crippen LogP) is 2.18. The zero-order chi connectivity index (χ0) is 12.6. The minimum atomic E-state index is 0.535. The van der Waals surface area contributed by atoms with Crippen LogP contribution in [0.15, 0.2) is 30.9 Å². The Morgan fingerprint density at radius 1 is 1.11 bits per heavy atom. The van der Waals surface area contributed by atoms with E-state index in [0.29, 0.717) is 39.6 Å². The molecule has 1 aliphatic rings. The molecule has 2 rings (SSSR count). The van der Waals surface area contributed by atoms with Crippen LogP contribution in [0.25, 0.3) is 0 Å². The molecule has 0 saturated carbocycles. The number of fused-ring (bicyclic) bond motifs is 1. The SMILES string of the molecule is C=CCOCc1ccc2c(c1)OCCOCCO2. The third kappa shape index (κ3) is 3.75. The predicted molar refractivity (Wildman–Crippen MR) is 68.1 cm³/mol. The molecule has 0 aromatic heterocycles. The zero-order valence-corrected chi connectivity index (χ0v) is 10.4. The van der Waals surface area contributed by atoms with Crippen molar-refractivity contribution in [2.24, 2.45) is 0 Å². The largest absolute Gasteiger partial charge is 0.487 e. The lowest BCUT2D eigenvalue weighted by atomic mass is 10.2. The average Bonchev–Trinajstić information content (AvgIpc) is 2.50. The fourth-order valence-electron chi connectivity index (χ4n) is 1.66. The van der Waals surface area contributed by atoms with E-state index in [9.17, 15) is 0 Å². The van der Waals surface area contributed by atoms with Crippen LogP contribution in [0.5, 0.6) is 11.5 Å². The molecule has 1 aliphatic heterocycles. The van der Waals surface area contributed by atoms with Gasteiger partial charge in [0.25, 0.3) is 0 Å². The van der Waals surface area contributed by atoms with Gasteiger partial charge in [-0.25, -0.2) is 0 Å². The first-order chi connectivity index (χ1) is 8.90. The zero-order valence-electron chi connectivity index (χ0n) is 10.4. The molecule has 4 heteroatoms. The second-order valence-electron chi connectivity index (χ2n) is 3.89. The van der Waals surface area contributed by atoms with E-state index in [1.165, 1.54) is 0 Å². The summed E-state index contributed by atoms with van der Waals surface area (Å²) in [5, 5.41) is 0. The normalized spacial score (nSPS) is 15.3. The van der Waals surface area contributed by atoms with Crippen LogP contribution in [0.4, 0.5) is 0 Å². The van der Waals surface area contributed by atoms with E-state index in [1.54, 1.807) is 6.08 Å². The van der Waals surface area contributed by atoms with E-state index in [-0.39, 0.29) is 0 Å². The Hall–Kier alpha value is -1.52. The highest BCUT2D eigenvalue weighted by Gasteiger charge is 2.09. The van der Waals surface area contributed by atoms with Crippen molar-refractivity contribution in [1.82, 2.24) is 0 Å². The van der Waals surface area contributed by atoms with E-state index >= 15 is 0 Å². The van der Waals surface area contributed by atoms with Gasteiger partial charge in [0.05, 0.1) is 26.4 Å². The van der Waals surface area contributed by atoms with Crippen LogP contribution < -0.4 is 9.47 Å². The van der Waals surface area contributed by atoms with Crippen LogP contribution in [-0.4, -0.2) is 33.0 Å². The number of ether oxygens (including phenoxy) is 4. The van der Waals surface area contributed by atoms with Gasteiger partial charge in [-0.15, -0.1) is 6.58 Å². The lowest BCUT2D eigenvalue weighted by Crippen LogP contribution is -2.08.